The number of aromatic hydroxyl groups is 1. The summed E-state index contributed by atoms with van der Waals surface area (Å²) < 4.78 is 0. The normalized spacial score (nSPS) is 6.67. The molecule has 1 N–H and O–H groups in total. The number of phenols is 1. The monoisotopic (exact) mass is 174 g/mol. The van der Waals surface area contributed by atoms with E-state index >= 15 is 0 Å². The van der Waals surface area contributed by atoms with Gasteiger partial charge in [-0.05, 0) is 12.1 Å². The van der Waals surface area contributed by atoms with Gasteiger partial charge in [0.25, 0.3) is 0 Å². The largest absolute Gasteiger partial charge is 0.508 e. The van der Waals surface area contributed by atoms with Crippen LogP contribution < -0.4 is 0 Å². The maximum atomic E-state index is 8.63. The first-order valence-corrected chi connectivity index (χ1v) is 2.13. The average Bonchev–Trinajstić information content (AvgIpc) is 1.69. The van der Waals surface area contributed by atoms with Gasteiger partial charge in [-0.1, -0.05) is 18.2 Å². The Balaban J connectivity index is 0. The maximum absolute atomic E-state index is 8.63. The zero-order chi connectivity index (χ0) is 5.11. The molecule has 0 aliphatic carbocycles. The zero-order valence-electron chi connectivity index (χ0n) is 5.25. The van der Waals surface area contributed by atoms with E-state index in [1.165, 1.54) is 0 Å². The third-order valence-corrected chi connectivity index (χ3v) is 0.756. The first kappa shape index (κ1) is 13.2. The van der Waals surface area contributed by atoms with Crippen molar-refractivity contribution in [3.05, 3.63) is 30.3 Å². The summed E-state index contributed by atoms with van der Waals surface area (Å²) >= 11 is 0. The first-order chi connectivity index (χ1) is 3.39. The van der Waals surface area contributed by atoms with Crippen LogP contribution in [0.25, 0.3) is 0 Å². The molecule has 1 aromatic carbocycles. The van der Waals surface area contributed by atoms with Crippen molar-refractivity contribution < 1.29 is 5.11 Å². The van der Waals surface area contributed by atoms with E-state index in [9.17, 15) is 0 Å². The molecule has 0 aliphatic heterocycles. The fourth-order valence-electron chi connectivity index (χ4n) is 0.428. The van der Waals surface area contributed by atoms with Crippen molar-refractivity contribution >= 4 is 75.5 Å². The second kappa shape index (κ2) is 7.64. The van der Waals surface area contributed by atoms with Crippen LogP contribution in [0.4, 0.5) is 0 Å². The van der Waals surface area contributed by atoms with E-state index in [4.69, 9.17) is 5.11 Å². The van der Waals surface area contributed by atoms with E-state index in [0.29, 0.717) is 5.75 Å². The summed E-state index contributed by atoms with van der Waals surface area (Å²) in [5.41, 5.74) is 0. The Morgan fingerprint density at radius 2 is 1.33 bits per heavy atom. The van der Waals surface area contributed by atoms with Gasteiger partial charge in [-0.15, -0.1) is 0 Å². The van der Waals surface area contributed by atoms with Crippen LogP contribution in [0.2, 0.25) is 0 Å². The summed E-state index contributed by atoms with van der Waals surface area (Å²) in [6.45, 7) is 0. The molecule has 0 amide bonds. The van der Waals surface area contributed by atoms with Crippen LogP contribution in [0.5, 0.6) is 5.75 Å². The molecular weight excluding hydrogens is 168 g/mol. The van der Waals surface area contributed by atoms with E-state index in [2.05, 4.69) is 0 Å². The fourth-order valence-corrected chi connectivity index (χ4v) is 0.428. The van der Waals surface area contributed by atoms with Crippen LogP contribution in [0.15, 0.2) is 30.3 Å². The van der Waals surface area contributed by atoms with Crippen molar-refractivity contribution in [3.8, 4) is 5.75 Å². The molecule has 1 aromatic rings. The van der Waals surface area contributed by atoms with Gasteiger partial charge in [-0.2, -0.15) is 0 Å². The van der Waals surface area contributed by atoms with Crippen molar-refractivity contribution in [3.63, 3.8) is 0 Å². The number of rotatable bonds is 0. The van der Waals surface area contributed by atoms with E-state index in [0.717, 1.165) is 0 Å². The Morgan fingerprint density at radius 3 is 1.56 bits per heavy atom. The predicted molar refractivity (Wildman–Crippen MR) is 39.6 cm³/mol. The Kier molecular flexibility index (Phi) is 11.2. The molecule has 0 atom stereocenters. The molecule has 0 saturated carbocycles. The Bertz CT molecular complexity index is 141. The number of para-hydroxylation sites is 1. The molecule has 0 bridgehead atoms. The van der Waals surface area contributed by atoms with Gasteiger partial charge < -0.3 is 5.11 Å². The zero-order valence-corrected chi connectivity index (χ0v) is 9.66. The molecule has 40 valence electrons. The van der Waals surface area contributed by atoms with Gasteiger partial charge in [0, 0.05) is 75.5 Å². The summed E-state index contributed by atoms with van der Waals surface area (Å²) in [6.07, 6.45) is 0. The minimum Gasteiger partial charge on any atom is -0.508 e. The third kappa shape index (κ3) is 5.96. The molecule has 9 heavy (non-hydrogen) atoms. The van der Waals surface area contributed by atoms with Crippen LogP contribution in [0, 0.1) is 0 Å². The van der Waals surface area contributed by atoms with Gasteiger partial charge in [0.1, 0.15) is 5.75 Å². The van der Waals surface area contributed by atoms with E-state index in [1.807, 2.05) is 6.07 Å². The topological polar surface area (TPSA) is 20.2 Å². The Hall–Kier alpha value is 1.54. The number of hydrogen-bond donors (Lipinski definition) is 1. The molecule has 1 nitrogen and oxygen atoms in total. The van der Waals surface area contributed by atoms with Crippen molar-refractivity contribution in [2.75, 3.05) is 0 Å². The van der Waals surface area contributed by atoms with E-state index in [-0.39, 0.29) is 75.5 Å². The van der Waals surface area contributed by atoms with Crippen molar-refractivity contribution in [2.45, 2.75) is 0 Å². The molecule has 0 aliphatic rings. The molecule has 0 spiro atoms. The van der Waals surface area contributed by atoms with Crippen molar-refractivity contribution in [1.82, 2.24) is 0 Å². The SMILES string of the molecule is Oc1ccccc1.[Ca].[Ca]. The quantitative estimate of drug-likeness (QED) is 0.572. The Morgan fingerprint density at radius 1 is 0.889 bits per heavy atom. The Labute approximate surface area is 114 Å². The molecular formula is C6H6Ca2O. The average molecular weight is 174 g/mol. The number of benzene rings is 1. The van der Waals surface area contributed by atoms with E-state index in [1.54, 1.807) is 24.3 Å². The van der Waals surface area contributed by atoms with Gasteiger partial charge >= 0.3 is 0 Å². The minimum absolute atomic E-state index is 0. The molecule has 0 heterocycles. The standard InChI is InChI=1S/C6H6O.2Ca/c7-6-4-2-1-3-5-6;;/h1-5,7H;;. The number of hydrogen-bond acceptors (Lipinski definition) is 1. The van der Waals surface area contributed by atoms with Crippen LogP contribution in [-0.2, 0) is 0 Å². The van der Waals surface area contributed by atoms with Gasteiger partial charge in [-0.25, -0.2) is 0 Å². The van der Waals surface area contributed by atoms with Crippen LogP contribution in [0.3, 0.4) is 0 Å². The molecule has 3 heteroatoms. The van der Waals surface area contributed by atoms with Crippen LogP contribution in [0.1, 0.15) is 0 Å². The second-order valence-electron chi connectivity index (χ2n) is 1.34. The van der Waals surface area contributed by atoms with E-state index < -0.39 is 0 Å². The summed E-state index contributed by atoms with van der Waals surface area (Å²) in [5.74, 6) is 0.322. The fraction of sp³-hybridized carbons (Fsp3) is 0. The van der Waals surface area contributed by atoms with Gasteiger partial charge in [0.2, 0.25) is 0 Å². The molecule has 0 saturated heterocycles. The van der Waals surface area contributed by atoms with Crippen LogP contribution in [-0.4, -0.2) is 80.6 Å². The van der Waals surface area contributed by atoms with Gasteiger partial charge in [0.05, 0.1) is 0 Å². The summed E-state index contributed by atoms with van der Waals surface area (Å²) in [7, 11) is 0. The first-order valence-electron chi connectivity index (χ1n) is 2.13. The number of phenolic OH excluding ortho intramolecular Hbond substituents is 1. The van der Waals surface area contributed by atoms with Gasteiger partial charge in [0.15, 0.2) is 0 Å². The predicted octanol–water partition coefficient (Wildman–Crippen LogP) is 0.631. The van der Waals surface area contributed by atoms with Gasteiger partial charge in [-0.3, -0.25) is 0 Å². The summed E-state index contributed by atoms with van der Waals surface area (Å²) in [4.78, 5) is 0. The maximum Gasteiger partial charge on any atom is 0.115 e. The summed E-state index contributed by atoms with van der Waals surface area (Å²) in [5, 5.41) is 8.63. The van der Waals surface area contributed by atoms with Crippen molar-refractivity contribution in [2.24, 2.45) is 0 Å². The molecule has 0 fully saturated rings. The molecule has 1 rings (SSSR count). The third-order valence-electron chi connectivity index (χ3n) is 0.756. The smallest absolute Gasteiger partial charge is 0.115 e. The van der Waals surface area contributed by atoms with Crippen molar-refractivity contribution in [1.29, 1.82) is 0 Å². The molecule has 0 aromatic heterocycles. The molecule has 4 radical (unpaired) electrons. The summed E-state index contributed by atoms with van der Waals surface area (Å²) in [6, 6.07) is 8.71. The second-order valence-corrected chi connectivity index (χ2v) is 1.34. The van der Waals surface area contributed by atoms with Crippen LogP contribution >= 0.6 is 0 Å². The molecule has 0 unspecified atom stereocenters. The minimum atomic E-state index is 0.